The molecule has 0 unspecified atom stereocenters. The van der Waals surface area contributed by atoms with Crippen molar-refractivity contribution in [1.82, 2.24) is 19.9 Å². The summed E-state index contributed by atoms with van der Waals surface area (Å²) >= 11 is 0. The van der Waals surface area contributed by atoms with Gasteiger partial charge in [-0.15, -0.1) is 0 Å². The third-order valence-corrected chi connectivity index (χ3v) is 10.1. The van der Waals surface area contributed by atoms with Gasteiger partial charge in [-0.3, -0.25) is 9.88 Å². The molecule has 5 heterocycles. The van der Waals surface area contributed by atoms with Gasteiger partial charge < -0.3 is 25.0 Å². The van der Waals surface area contributed by atoms with E-state index in [9.17, 15) is 19.7 Å². The van der Waals surface area contributed by atoms with E-state index in [2.05, 4.69) is 14.9 Å². The largest absolute Gasteiger partial charge is 0.508 e. The molecule has 9 nitrogen and oxygen atoms in total. The van der Waals surface area contributed by atoms with Crippen molar-refractivity contribution in [1.29, 1.82) is 0 Å². The number of phenols is 1. The Labute approximate surface area is 260 Å². The average Bonchev–Trinajstić information content (AvgIpc) is 3.58. The summed E-state index contributed by atoms with van der Waals surface area (Å²) in [5.41, 5.74) is -0.570. The number of hydrogen-bond acceptors (Lipinski definition) is 9. The van der Waals surface area contributed by atoms with E-state index in [4.69, 9.17) is 9.72 Å². The lowest BCUT2D eigenvalue weighted by atomic mass is 9.94. The highest BCUT2D eigenvalue weighted by Gasteiger charge is 2.49. The number of β-amino-alcohol motifs (C(OH)–C–C–N with tert-alkyl or cyclic N) is 1. The van der Waals surface area contributed by atoms with Gasteiger partial charge in [0.25, 0.3) is 0 Å². The molecule has 0 aliphatic carbocycles. The molecule has 3 aliphatic heterocycles. The Hall–Kier alpha value is -3.67. The highest BCUT2D eigenvalue weighted by atomic mass is 19.1. The van der Waals surface area contributed by atoms with Crippen molar-refractivity contribution >= 4 is 27.5 Å². The molecule has 7 rings (SSSR count). The predicted molar refractivity (Wildman–Crippen MR) is 168 cm³/mol. The van der Waals surface area contributed by atoms with E-state index < -0.39 is 17.2 Å². The second kappa shape index (κ2) is 11.3. The fourth-order valence-electron chi connectivity index (χ4n) is 7.95. The van der Waals surface area contributed by atoms with Crippen LogP contribution in [0.25, 0.3) is 32.9 Å². The van der Waals surface area contributed by atoms with Crippen LogP contribution in [-0.2, 0) is 6.42 Å². The summed E-state index contributed by atoms with van der Waals surface area (Å²) in [5.74, 6) is -0.806. The number of ether oxygens (including phenoxy) is 1. The number of pyridine rings is 1. The van der Waals surface area contributed by atoms with Crippen molar-refractivity contribution < 1.29 is 28.8 Å². The summed E-state index contributed by atoms with van der Waals surface area (Å²) < 4.78 is 38.0. The molecule has 0 radical (unpaired) electrons. The Balaban J connectivity index is 1.37. The van der Waals surface area contributed by atoms with E-state index in [0.717, 1.165) is 38.6 Å². The molecule has 238 valence electrons. The molecule has 4 aromatic rings. The normalized spacial score (nSPS) is 25.4. The van der Waals surface area contributed by atoms with Crippen LogP contribution in [0.4, 0.5) is 14.6 Å². The number of anilines is 1. The fourth-order valence-corrected chi connectivity index (χ4v) is 7.95. The van der Waals surface area contributed by atoms with Crippen molar-refractivity contribution in [2.75, 3.05) is 37.7 Å². The molecule has 3 aliphatic rings. The summed E-state index contributed by atoms with van der Waals surface area (Å²) in [7, 11) is 0. The lowest BCUT2D eigenvalue weighted by Gasteiger charge is -2.38. The van der Waals surface area contributed by atoms with Gasteiger partial charge >= 0.3 is 6.01 Å². The van der Waals surface area contributed by atoms with Crippen LogP contribution in [0.3, 0.4) is 0 Å². The van der Waals surface area contributed by atoms with E-state index in [1.165, 1.54) is 24.4 Å². The lowest BCUT2D eigenvalue weighted by molar-refractivity contribution is 0.0446. The first kappa shape index (κ1) is 30.0. The Bertz CT molecular complexity index is 1790. The maximum absolute atomic E-state index is 16.8. The van der Waals surface area contributed by atoms with Crippen LogP contribution in [0.2, 0.25) is 0 Å². The van der Waals surface area contributed by atoms with Gasteiger partial charge in [0.15, 0.2) is 5.82 Å². The maximum atomic E-state index is 16.8. The number of aliphatic hydroxyl groups is 2. The van der Waals surface area contributed by atoms with Crippen LogP contribution in [0, 0.1) is 11.6 Å². The highest BCUT2D eigenvalue weighted by molar-refractivity contribution is 6.01. The van der Waals surface area contributed by atoms with E-state index in [-0.39, 0.29) is 46.7 Å². The number of aryl methyl sites for hydroxylation is 1. The molecule has 2 aromatic heterocycles. The third kappa shape index (κ3) is 5.14. The average molecular weight is 620 g/mol. The van der Waals surface area contributed by atoms with Gasteiger partial charge in [0.05, 0.1) is 23.1 Å². The Morgan fingerprint density at radius 2 is 1.91 bits per heavy atom. The van der Waals surface area contributed by atoms with E-state index in [0.29, 0.717) is 60.1 Å². The van der Waals surface area contributed by atoms with E-state index in [1.807, 2.05) is 11.8 Å². The van der Waals surface area contributed by atoms with E-state index in [1.54, 1.807) is 13.0 Å². The monoisotopic (exact) mass is 619 g/mol. The zero-order chi connectivity index (χ0) is 31.5. The van der Waals surface area contributed by atoms with Crippen molar-refractivity contribution in [3.05, 3.63) is 47.7 Å². The number of piperidine rings is 1. The van der Waals surface area contributed by atoms with Crippen LogP contribution < -0.4 is 9.64 Å². The number of halogens is 2. The van der Waals surface area contributed by atoms with Crippen molar-refractivity contribution in [2.24, 2.45) is 0 Å². The van der Waals surface area contributed by atoms with Crippen LogP contribution in [0.1, 0.15) is 57.9 Å². The third-order valence-electron chi connectivity index (χ3n) is 10.1. The van der Waals surface area contributed by atoms with Gasteiger partial charge in [0.2, 0.25) is 0 Å². The first-order chi connectivity index (χ1) is 21.6. The molecule has 45 heavy (non-hydrogen) atoms. The zero-order valence-corrected chi connectivity index (χ0v) is 25.7. The van der Waals surface area contributed by atoms with Gasteiger partial charge in [-0.05, 0) is 92.9 Å². The number of rotatable bonds is 7. The minimum absolute atomic E-state index is 0.00315. The smallest absolute Gasteiger partial charge is 0.319 e. The van der Waals surface area contributed by atoms with Crippen molar-refractivity contribution in [3.8, 4) is 23.0 Å². The highest BCUT2D eigenvalue weighted by Crippen LogP contribution is 2.43. The SMILES string of the molecule is CCc1c(F)ccc2cc(O)cc(-c3ncc4c(N5CCC[C@@](C)(O)C5)nc(OC[C@]56CCCN5[C@@H](CO)CC6)nc4c3F)c12. The summed E-state index contributed by atoms with van der Waals surface area (Å²) in [5, 5.41) is 32.8. The first-order valence-corrected chi connectivity index (χ1v) is 15.9. The summed E-state index contributed by atoms with van der Waals surface area (Å²) in [4.78, 5) is 18.1. The molecular formula is C34H39F2N5O4. The molecule has 0 spiro atoms. The molecule has 0 saturated carbocycles. The number of aromatic nitrogens is 3. The Kier molecular flexibility index (Phi) is 7.53. The number of phenolic OH excluding ortho intramolecular Hbond substituents is 1. The van der Waals surface area contributed by atoms with E-state index >= 15 is 4.39 Å². The maximum Gasteiger partial charge on any atom is 0.319 e. The molecule has 3 fully saturated rings. The molecule has 3 N–H and O–H groups in total. The fraction of sp³-hybridized carbons (Fsp3) is 0.500. The van der Waals surface area contributed by atoms with Gasteiger partial charge in [0.1, 0.15) is 35.2 Å². The molecule has 0 bridgehead atoms. The molecule has 0 amide bonds. The van der Waals surface area contributed by atoms with Gasteiger partial charge in [-0.2, -0.15) is 9.97 Å². The van der Waals surface area contributed by atoms with Gasteiger partial charge in [-0.1, -0.05) is 13.0 Å². The summed E-state index contributed by atoms with van der Waals surface area (Å²) in [6.07, 6.45) is 6.95. The summed E-state index contributed by atoms with van der Waals surface area (Å²) in [6, 6.07) is 5.97. The molecule has 11 heteroatoms. The Morgan fingerprint density at radius 3 is 2.69 bits per heavy atom. The molecule has 3 saturated heterocycles. The van der Waals surface area contributed by atoms with Crippen LogP contribution in [0.5, 0.6) is 11.8 Å². The standard InChI is InChI=1S/C34H39F2N5O4/c1-3-23-26(35)7-6-20-14-22(43)15-24(27(20)23)29-28(36)30-25(16-37-29)31(40-12-4-9-33(2,44)18-40)39-32(38-30)45-19-34-10-5-13-41(34)21(17-42)8-11-34/h6-7,14-16,21,42-44H,3-5,8-13,17-19H2,1-2H3/t21-,33-,34-/m1/s1. The molecule has 2 aromatic carbocycles. The van der Waals surface area contributed by atoms with Crippen molar-refractivity contribution in [3.63, 3.8) is 0 Å². The van der Waals surface area contributed by atoms with Crippen molar-refractivity contribution in [2.45, 2.75) is 76.0 Å². The molecule has 3 atom stereocenters. The second-order valence-electron chi connectivity index (χ2n) is 13.2. The number of benzene rings is 2. The van der Waals surface area contributed by atoms with Gasteiger partial charge in [-0.25, -0.2) is 8.78 Å². The zero-order valence-electron chi connectivity index (χ0n) is 25.7. The number of aliphatic hydroxyl groups excluding tert-OH is 1. The quantitative estimate of drug-likeness (QED) is 0.260. The minimum atomic E-state index is -0.948. The van der Waals surface area contributed by atoms with Crippen LogP contribution in [0.15, 0.2) is 30.5 Å². The Morgan fingerprint density at radius 1 is 1.09 bits per heavy atom. The van der Waals surface area contributed by atoms with Crippen LogP contribution in [-0.4, -0.2) is 85.2 Å². The topological polar surface area (TPSA) is 115 Å². The number of hydrogen-bond donors (Lipinski definition) is 3. The molecular weight excluding hydrogens is 580 g/mol. The number of aromatic hydroxyl groups is 1. The number of fused-ring (bicyclic) bond motifs is 3. The van der Waals surface area contributed by atoms with Gasteiger partial charge in [0, 0.05) is 30.9 Å². The summed E-state index contributed by atoms with van der Waals surface area (Å²) in [6.45, 7) is 5.81. The second-order valence-corrected chi connectivity index (χ2v) is 13.2. The first-order valence-electron chi connectivity index (χ1n) is 15.9. The predicted octanol–water partition coefficient (Wildman–Crippen LogP) is 5.11. The lowest BCUT2D eigenvalue weighted by Crippen LogP contribution is -2.47. The van der Waals surface area contributed by atoms with Crippen LogP contribution >= 0.6 is 0 Å². The number of nitrogens with zero attached hydrogens (tertiary/aromatic N) is 5. The minimum Gasteiger partial charge on any atom is -0.508 e.